The van der Waals surface area contributed by atoms with E-state index in [1.54, 1.807) is 12.1 Å². The summed E-state index contributed by atoms with van der Waals surface area (Å²) in [5.74, 6) is 0.317. The normalized spacial score (nSPS) is 12.1. The lowest BCUT2D eigenvalue weighted by Crippen LogP contribution is -2.15. The Morgan fingerprint density at radius 2 is 2.36 bits per heavy atom. The summed E-state index contributed by atoms with van der Waals surface area (Å²) >= 11 is 0. The Kier molecular flexibility index (Phi) is 3.45. The van der Waals surface area contributed by atoms with Gasteiger partial charge in [0.05, 0.1) is 5.56 Å². The van der Waals surface area contributed by atoms with Crippen LogP contribution < -0.4 is 11.1 Å². The van der Waals surface area contributed by atoms with E-state index >= 15 is 0 Å². The van der Waals surface area contributed by atoms with Gasteiger partial charge in [0.2, 0.25) is 5.91 Å². The largest absolute Gasteiger partial charge is 0.368 e. The van der Waals surface area contributed by atoms with Gasteiger partial charge >= 0.3 is 0 Å². The predicted molar refractivity (Wildman–Crippen MR) is 56.1 cm³/mol. The van der Waals surface area contributed by atoms with Crippen LogP contribution in [0.1, 0.15) is 30.6 Å². The van der Waals surface area contributed by atoms with Crippen LogP contribution in [-0.2, 0) is 0 Å². The molecule has 0 radical (unpaired) electrons. The van der Waals surface area contributed by atoms with E-state index < -0.39 is 5.91 Å². The molecule has 0 bridgehead atoms. The number of nitrogens with zero attached hydrogens (tertiary/aromatic N) is 1. The van der Waals surface area contributed by atoms with E-state index in [0.717, 1.165) is 12.2 Å². The number of nitrogens with two attached hydrogens (primary N) is 1. The van der Waals surface area contributed by atoms with E-state index in [4.69, 9.17) is 5.73 Å². The van der Waals surface area contributed by atoms with Gasteiger partial charge < -0.3 is 11.1 Å². The SMILES string of the molecule is CCC(C)Nc1ccc(C(N)=O)cn1. The van der Waals surface area contributed by atoms with Crippen LogP contribution in [0.25, 0.3) is 0 Å². The zero-order valence-corrected chi connectivity index (χ0v) is 8.45. The molecule has 14 heavy (non-hydrogen) atoms. The summed E-state index contributed by atoms with van der Waals surface area (Å²) in [6.07, 6.45) is 2.51. The van der Waals surface area contributed by atoms with Gasteiger partial charge in [-0.25, -0.2) is 4.98 Å². The molecule has 1 heterocycles. The highest BCUT2D eigenvalue weighted by atomic mass is 16.1. The summed E-state index contributed by atoms with van der Waals surface area (Å²) in [5.41, 5.74) is 5.52. The Balaban J connectivity index is 2.68. The topological polar surface area (TPSA) is 68.0 Å². The summed E-state index contributed by atoms with van der Waals surface area (Å²) in [5, 5.41) is 3.19. The first kappa shape index (κ1) is 10.5. The van der Waals surface area contributed by atoms with Crippen molar-refractivity contribution in [2.24, 2.45) is 5.73 Å². The molecule has 1 atom stereocenters. The summed E-state index contributed by atoms with van der Waals surface area (Å²) in [6.45, 7) is 4.17. The molecule has 0 saturated heterocycles. The van der Waals surface area contributed by atoms with Crippen molar-refractivity contribution in [3.63, 3.8) is 0 Å². The molecule has 0 fully saturated rings. The maximum Gasteiger partial charge on any atom is 0.250 e. The minimum absolute atomic E-state index is 0.377. The minimum atomic E-state index is -0.451. The lowest BCUT2D eigenvalue weighted by atomic mass is 10.2. The van der Waals surface area contributed by atoms with E-state index in [1.165, 1.54) is 6.20 Å². The van der Waals surface area contributed by atoms with Crippen LogP contribution in [0.3, 0.4) is 0 Å². The van der Waals surface area contributed by atoms with Crippen LogP contribution in [0.15, 0.2) is 18.3 Å². The predicted octanol–water partition coefficient (Wildman–Crippen LogP) is 1.39. The molecular weight excluding hydrogens is 178 g/mol. The molecule has 3 N–H and O–H groups in total. The van der Waals surface area contributed by atoms with Crippen LogP contribution in [0.5, 0.6) is 0 Å². The third-order valence-electron chi connectivity index (χ3n) is 2.05. The second-order valence-electron chi connectivity index (χ2n) is 3.25. The average Bonchev–Trinajstić information content (AvgIpc) is 2.18. The van der Waals surface area contributed by atoms with Gasteiger partial charge in [-0.2, -0.15) is 0 Å². The Morgan fingerprint density at radius 3 is 2.79 bits per heavy atom. The lowest BCUT2D eigenvalue weighted by Gasteiger charge is -2.11. The number of aromatic nitrogens is 1. The molecule has 0 spiro atoms. The maximum absolute atomic E-state index is 10.8. The monoisotopic (exact) mass is 193 g/mol. The van der Waals surface area contributed by atoms with Gasteiger partial charge in [0.15, 0.2) is 0 Å². The first-order valence-corrected chi connectivity index (χ1v) is 4.66. The number of carbonyl (C=O) groups excluding carboxylic acids is 1. The van der Waals surface area contributed by atoms with Gasteiger partial charge in [0.25, 0.3) is 0 Å². The maximum atomic E-state index is 10.8. The van der Waals surface area contributed by atoms with E-state index in [0.29, 0.717) is 11.6 Å². The highest BCUT2D eigenvalue weighted by molar-refractivity contribution is 5.92. The fraction of sp³-hybridized carbons (Fsp3) is 0.400. The number of nitrogens with one attached hydrogen (secondary N) is 1. The molecule has 1 amide bonds. The molecule has 0 aliphatic heterocycles. The van der Waals surface area contributed by atoms with Crippen LogP contribution >= 0.6 is 0 Å². The molecular formula is C10H15N3O. The van der Waals surface area contributed by atoms with Crippen molar-refractivity contribution < 1.29 is 4.79 Å². The number of carbonyl (C=O) groups is 1. The zero-order chi connectivity index (χ0) is 10.6. The quantitative estimate of drug-likeness (QED) is 0.759. The van der Waals surface area contributed by atoms with Crippen LogP contribution in [0, 0.1) is 0 Å². The summed E-state index contributed by atoms with van der Waals surface area (Å²) in [7, 11) is 0. The molecule has 4 nitrogen and oxygen atoms in total. The smallest absolute Gasteiger partial charge is 0.250 e. The van der Waals surface area contributed by atoms with Crippen molar-refractivity contribution in [1.82, 2.24) is 4.98 Å². The second-order valence-corrected chi connectivity index (χ2v) is 3.25. The molecule has 0 aliphatic rings. The molecule has 1 aromatic heterocycles. The van der Waals surface area contributed by atoms with Crippen LogP contribution in [-0.4, -0.2) is 16.9 Å². The van der Waals surface area contributed by atoms with Gasteiger partial charge in [-0.3, -0.25) is 4.79 Å². The van der Waals surface area contributed by atoms with E-state index in [9.17, 15) is 4.79 Å². The third-order valence-corrected chi connectivity index (χ3v) is 2.05. The molecule has 0 saturated carbocycles. The molecule has 0 aliphatic carbocycles. The average molecular weight is 193 g/mol. The summed E-state index contributed by atoms with van der Waals surface area (Å²) in [6, 6.07) is 3.80. The van der Waals surface area contributed by atoms with E-state index in [1.807, 2.05) is 0 Å². The van der Waals surface area contributed by atoms with Gasteiger partial charge in [0, 0.05) is 12.2 Å². The van der Waals surface area contributed by atoms with Crippen molar-refractivity contribution in [1.29, 1.82) is 0 Å². The molecule has 4 heteroatoms. The van der Waals surface area contributed by atoms with Gasteiger partial charge in [-0.15, -0.1) is 0 Å². The third kappa shape index (κ3) is 2.73. The number of pyridine rings is 1. The Morgan fingerprint density at radius 1 is 1.64 bits per heavy atom. The zero-order valence-electron chi connectivity index (χ0n) is 8.45. The van der Waals surface area contributed by atoms with Crippen molar-refractivity contribution >= 4 is 11.7 Å². The van der Waals surface area contributed by atoms with E-state index in [2.05, 4.69) is 24.1 Å². The van der Waals surface area contributed by atoms with Crippen molar-refractivity contribution in [3.8, 4) is 0 Å². The first-order chi connectivity index (χ1) is 6.63. The summed E-state index contributed by atoms with van der Waals surface area (Å²) in [4.78, 5) is 14.8. The standard InChI is InChI=1S/C10H15N3O/c1-3-7(2)13-9-5-4-8(6-12-9)10(11)14/h4-7H,3H2,1-2H3,(H2,11,14)(H,12,13). The fourth-order valence-corrected chi connectivity index (χ4v) is 0.980. The van der Waals surface area contributed by atoms with Crippen molar-refractivity contribution in [2.75, 3.05) is 5.32 Å². The number of hydrogen-bond donors (Lipinski definition) is 2. The van der Waals surface area contributed by atoms with Gasteiger partial charge in [-0.1, -0.05) is 6.92 Å². The number of hydrogen-bond acceptors (Lipinski definition) is 3. The van der Waals surface area contributed by atoms with Crippen LogP contribution in [0.2, 0.25) is 0 Å². The minimum Gasteiger partial charge on any atom is -0.368 e. The molecule has 1 aromatic rings. The number of amides is 1. The molecule has 1 unspecified atom stereocenters. The van der Waals surface area contributed by atoms with Crippen molar-refractivity contribution in [2.45, 2.75) is 26.3 Å². The first-order valence-electron chi connectivity index (χ1n) is 4.66. The Labute approximate surface area is 83.5 Å². The number of rotatable bonds is 4. The molecule has 0 aromatic carbocycles. The van der Waals surface area contributed by atoms with Crippen molar-refractivity contribution in [3.05, 3.63) is 23.9 Å². The lowest BCUT2D eigenvalue weighted by molar-refractivity contribution is 0.1000. The number of primary amides is 1. The number of anilines is 1. The Bertz CT molecular complexity index is 308. The second kappa shape index (κ2) is 4.60. The molecule has 1 rings (SSSR count). The molecule has 76 valence electrons. The highest BCUT2D eigenvalue weighted by Crippen LogP contribution is 2.07. The van der Waals surface area contributed by atoms with Gasteiger partial charge in [0.1, 0.15) is 5.82 Å². The Hall–Kier alpha value is -1.58. The van der Waals surface area contributed by atoms with Crippen LogP contribution in [0.4, 0.5) is 5.82 Å². The highest BCUT2D eigenvalue weighted by Gasteiger charge is 2.02. The van der Waals surface area contributed by atoms with Gasteiger partial charge in [-0.05, 0) is 25.5 Å². The van der Waals surface area contributed by atoms with E-state index in [-0.39, 0.29) is 0 Å². The fourth-order valence-electron chi connectivity index (χ4n) is 0.980. The summed E-state index contributed by atoms with van der Waals surface area (Å²) < 4.78 is 0.